The zero-order valence-electron chi connectivity index (χ0n) is 20.7. The summed E-state index contributed by atoms with van der Waals surface area (Å²) in [6, 6.07) is 17.8. The Morgan fingerprint density at radius 2 is 1.70 bits per heavy atom. The van der Waals surface area contributed by atoms with E-state index >= 15 is 0 Å². The van der Waals surface area contributed by atoms with E-state index in [0.29, 0.717) is 18.5 Å². The predicted octanol–water partition coefficient (Wildman–Crippen LogP) is 3.54. The Morgan fingerprint density at radius 3 is 2.41 bits per heavy atom. The molecule has 1 unspecified atom stereocenters. The van der Waals surface area contributed by atoms with E-state index in [-0.39, 0.29) is 60.7 Å². The van der Waals surface area contributed by atoms with Crippen molar-refractivity contribution in [2.45, 2.75) is 31.7 Å². The maximum atomic E-state index is 13.2. The van der Waals surface area contributed by atoms with Crippen molar-refractivity contribution in [3.8, 4) is 11.1 Å². The fourth-order valence-corrected chi connectivity index (χ4v) is 3.61. The molecule has 3 rings (SSSR count). The maximum absolute atomic E-state index is 13.2. The number of hydrogen-bond donors (Lipinski definition) is 4. The van der Waals surface area contributed by atoms with Crippen molar-refractivity contribution >= 4 is 53.2 Å². The number of carbonyl (C=O) groups is 3. The Labute approximate surface area is 237 Å². The van der Waals surface area contributed by atoms with Crippen LogP contribution in [0.5, 0.6) is 0 Å². The van der Waals surface area contributed by atoms with Gasteiger partial charge in [-0.15, -0.1) is 0 Å². The van der Waals surface area contributed by atoms with Crippen LogP contribution in [0, 0.1) is 5.82 Å². The van der Waals surface area contributed by atoms with Gasteiger partial charge in [-0.3, -0.25) is 14.4 Å². The monoisotopic (exact) mass is 515 g/mol. The van der Waals surface area contributed by atoms with Gasteiger partial charge in [-0.2, -0.15) is 0 Å². The fraction of sp³-hybridized carbons (Fsp3) is 0.259. The zero-order valence-corrected chi connectivity index (χ0v) is 22.7. The Morgan fingerprint density at radius 1 is 0.919 bits per heavy atom. The van der Waals surface area contributed by atoms with Gasteiger partial charge in [-0.05, 0) is 59.9 Å². The summed E-state index contributed by atoms with van der Waals surface area (Å²) >= 11 is 0. The molecule has 4 N–H and O–H groups in total. The van der Waals surface area contributed by atoms with E-state index in [0.717, 1.165) is 23.4 Å². The van der Waals surface area contributed by atoms with Crippen molar-refractivity contribution in [2.75, 3.05) is 18.4 Å². The second-order valence-corrected chi connectivity index (χ2v) is 8.23. The molecule has 0 fully saturated rings. The molecule has 8 nitrogen and oxygen atoms in total. The molecule has 0 saturated carbocycles. The largest absolute Gasteiger partial charge is 0.481 e. The van der Waals surface area contributed by atoms with Crippen LogP contribution < -0.4 is 16.0 Å². The number of benzene rings is 2. The Bertz CT molecular complexity index is 1160. The molecule has 37 heavy (non-hydrogen) atoms. The molecule has 189 valence electrons. The molecule has 0 aliphatic rings. The molecule has 2 aromatic carbocycles. The third kappa shape index (κ3) is 10.7. The van der Waals surface area contributed by atoms with Crippen molar-refractivity contribution in [1.29, 1.82) is 0 Å². The smallest absolute Gasteiger partial charge is 0.305 e. The second-order valence-electron chi connectivity index (χ2n) is 8.23. The first-order valence-corrected chi connectivity index (χ1v) is 11.7. The molecular formula is C27H29FN4NaO4. The van der Waals surface area contributed by atoms with Gasteiger partial charge < -0.3 is 21.1 Å². The second kappa shape index (κ2) is 15.8. The summed E-state index contributed by atoms with van der Waals surface area (Å²) in [7, 11) is 0. The summed E-state index contributed by atoms with van der Waals surface area (Å²) in [4.78, 5) is 40.1. The molecule has 0 aliphatic carbocycles. The molecule has 1 radical (unpaired) electrons. The van der Waals surface area contributed by atoms with Crippen molar-refractivity contribution < 1.29 is 23.9 Å². The molecule has 0 bridgehead atoms. The number of aromatic nitrogens is 1. The molecule has 1 heterocycles. The third-order valence-corrected chi connectivity index (χ3v) is 5.43. The van der Waals surface area contributed by atoms with Crippen molar-refractivity contribution in [1.82, 2.24) is 15.6 Å². The van der Waals surface area contributed by atoms with E-state index in [1.165, 1.54) is 12.1 Å². The van der Waals surface area contributed by atoms with Crippen LogP contribution in [0.2, 0.25) is 0 Å². The molecule has 0 spiro atoms. The number of pyridine rings is 1. The number of carbonyl (C=O) groups excluding carboxylic acids is 2. The van der Waals surface area contributed by atoms with Crippen molar-refractivity contribution in [3.63, 3.8) is 0 Å². The molecule has 3 aromatic rings. The van der Waals surface area contributed by atoms with Crippen LogP contribution in [0.25, 0.3) is 11.1 Å². The van der Waals surface area contributed by atoms with Gasteiger partial charge >= 0.3 is 5.97 Å². The van der Waals surface area contributed by atoms with Crippen LogP contribution in [0.4, 0.5) is 10.2 Å². The van der Waals surface area contributed by atoms with E-state index in [1.54, 1.807) is 36.5 Å². The topological polar surface area (TPSA) is 120 Å². The zero-order chi connectivity index (χ0) is 25.8. The molecule has 10 heteroatoms. The number of unbranched alkanes of at least 4 members (excludes halogenated alkanes) is 1. The number of nitrogens with zero attached hydrogens (tertiary/aromatic N) is 1. The summed E-state index contributed by atoms with van der Waals surface area (Å²) in [6.07, 6.45) is 3.06. The molecule has 2 amide bonds. The Hall–Kier alpha value is -3.27. The maximum Gasteiger partial charge on any atom is 0.305 e. The minimum atomic E-state index is -1.07. The summed E-state index contributed by atoms with van der Waals surface area (Å²) in [5.74, 6) is -1.39. The Kier molecular flexibility index (Phi) is 12.8. The number of aliphatic carboxylic acids is 1. The van der Waals surface area contributed by atoms with Crippen LogP contribution >= 0.6 is 0 Å². The standard InChI is InChI=1S/C27H29FN4O4.Na/c28-22-12-10-19(11-13-22)20-6-5-7-21(16-20)23(17-27(35)36)32-26(34)18-31-25(33)9-2-4-15-30-24-8-1-3-14-29-24;/h1,3,5-8,10-14,16,23H,2,4,9,15,17-18H2,(H,29,30)(H,31,33)(H,32,34)(H,35,36);. The van der Waals surface area contributed by atoms with Gasteiger partial charge in [0.1, 0.15) is 11.6 Å². The van der Waals surface area contributed by atoms with Crippen LogP contribution in [0.15, 0.2) is 72.9 Å². The van der Waals surface area contributed by atoms with Gasteiger partial charge in [0.15, 0.2) is 0 Å². The molecule has 1 aromatic heterocycles. The first kappa shape index (κ1) is 30.0. The van der Waals surface area contributed by atoms with Crippen LogP contribution in [0.1, 0.15) is 37.3 Å². The minimum absolute atomic E-state index is 0. The molecular weight excluding hydrogens is 486 g/mol. The number of carboxylic acid groups (broad SMARTS) is 1. The number of amides is 2. The Balaban J connectivity index is 0.00000481. The quantitative estimate of drug-likeness (QED) is 0.204. The summed E-state index contributed by atoms with van der Waals surface area (Å²) < 4.78 is 13.2. The molecule has 0 saturated heterocycles. The van der Waals surface area contributed by atoms with Crippen LogP contribution in [-0.2, 0) is 14.4 Å². The number of halogens is 1. The average Bonchev–Trinajstić information content (AvgIpc) is 2.88. The van der Waals surface area contributed by atoms with E-state index in [2.05, 4.69) is 20.9 Å². The summed E-state index contributed by atoms with van der Waals surface area (Å²) in [5.41, 5.74) is 2.13. The normalized spacial score (nSPS) is 11.1. The van der Waals surface area contributed by atoms with Crippen LogP contribution in [-0.4, -0.2) is 70.5 Å². The van der Waals surface area contributed by atoms with E-state index < -0.39 is 17.9 Å². The van der Waals surface area contributed by atoms with Crippen molar-refractivity contribution in [3.05, 3.63) is 84.3 Å². The number of nitrogens with one attached hydrogen (secondary N) is 3. The number of carboxylic acids is 1. The van der Waals surface area contributed by atoms with Gasteiger partial charge in [0.25, 0.3) is 0 Å². The fourth-order valence-electron chi connectivity index (χ4n) is 3.61. The van der Waals surface area contributed by atoms with E-state index in [9.17, 15) is 23.9 Å². The molecule has 1 atom stereocenters. The average molecular weight is 516 g/mol. The third-order valence-electron chi connectivity index (χ3n) is 5.43. The summed E-state index contributed by atoms with van der Waals surface area (Å²) in [5, 5.41) is 17.8. The minimum Gasteiger partial charge on any atom is -0.481 e. The van der Waals surface area contributed by atoms with Gasteiger partial charge in [0.2, 0.25) is 11.8 Å². The first-order chi connectivity index (χ1) is 17.4. The first-order valence-electron chi connectivity index (χ1n) is 11.7. The van der Waals surface area contributed by atoms with E-state index in [4.69, 9.17) is 0 Å². The van der Waals surface area contributed by atoms with Gasteiger partial charge in [0.05, 0.1) is 19.0 Å². The molecule has 0 aliphatic heterocycles. The SMILES string of the molecule is O=C(O)CC(NC(=O)CNC(=O)CCCCNc1ccccn1)c1cccc(-c2ccc(F)cc2)c1.[Na]. The number of anilines is 1. The predicted molar refractivity (Wildman–Crippen MR) is 140 cm³/mol. The van der Waals surface area contributed by atoms with Gasteiger partial charge in [0, 0.05) is 48.7 Å². The van der Waals surface area contributed by atoms with Gasteiger partial charge in [-0.25, -0.2) is 9.37 Å². The number of rotatable bonds is 13. The van der Waals surface area contributed by atoms with E-state index in [1.807, 2.05) is 24.3 Å². The van der Waals surface area contributed by atoms with Gasteiger partial charge in [-0.1, -0.05) is 36.4 Å². The van der Waals surface area contributed by atoms with Crippen molar-refractivity contribution in [2.24, 2.45) is 0 Å². The summed E-state index contributed by atoms with van der Waals surface area (Å²) in [6.45, 7) is 0.428. The van der Waals surface area contributed by atoms with Crippen LogP contribution in [0.3, 0.4) is 0 Å². The number of hydrogen-bond acceptors (Lipinski definition) is 5.